The lowest BCUT2D eigenvalue weighted by Crippen LogP contribution is -2.15. The molecule has 0 fully saturated rings. The summed E-state index contributed by atoms with van der Waals surface area (Å²) in [5, 5.41) is 0. The number of anilines is 2. The highest BCUT2D eigenvalue weighted by Crippen LogP contribution is 2.12. The van der Waals surface area contributed by atoms with Gasteiger partial charge in [-0.15, -0.1) is 0 Å². The quantitative estimate of drug-likeness (QED) is 0.502. The van der Waals surface area contributed by atoms with Gasteiger partial charge in [0.15, 0.2) is 12.4 Å². The smallest absolute Gasteiger partial charge is 0.340 e. The summed E-state index contributed by atoms with van der Waals surface area (Å²) in [4.78, 5) is 23.6. The molecule has 102 valence electrons. The first-order chi connectivity index (χ1) is 9.58. The zero-order valence-corrected chi connectivity index (χ0v) is 10.7. The van der Waals surface area contributed by atoms with Crippen LogP contribution in [0.1, 0.15) is 20.7 Å². The van der Waals surface area contributed by atoms with Crippen LogP contribution in [-0.2, 0) is 4.74 Å². The van der Waals surface area contributed by atoms with Crippen LogP contribution in [0, 0.1) is 0 Å². The van der Waals surface area contributed by atoms with Gasteiger partial charge in [0.05, 0.1) is 5.56 Å². The van der Waals surface area contributed by atoms with E-state index >= 15 is 0 Å². The van der Waals surface area contributed by atoms with Crippen LogP contribution in [-0.4, -0.2) is 18.4 Å². The number of hydrogen-bond acceptors (Lipinski definition) is 5. The van der Waals surface area contributed by atoms with E-state index in [1.165, 1.54) is 0 Å². The average molecular weight is 270 g/mol. The van der Waals surface area contributed by atoms with Gasteiger partial charge in [-0.3, -0.25) is 4.79 Å². The molecule has 0 radical (unpaired) electrons. The second kappa shape index (κ2) is 5.88. The molecule has 0 amide bonds. The van der Waals surface area contributed by atoms with E-state index in [1.54, 1.807) is 48.5 Å². The van der Waals surface area contributed by atoms with Gasteiger partial charge in [-0.25, -0.2) is 4.79 Å². The molecular weight excluding hydrogens is 256 g/mol. The number of ketones is 1. The fraction of sp³-hybridized carbons (Fsp3) is 0.0667. The fourth-order valence-corrected chi connectivity index (χ4v) is 1.64. The van der Waals surface area contributed by atoms with Gasteiger partial charge in [0.1, 0.15) is 0 Å². The molecule has 20 heavy (non-hydrogen) atoms. The van der Waals surface area contributed by atoms with Crippen molar-refractivity contribution in [1.82, 2.24) is 0 Å². The predicted molar refractivity (Wildman–Crippen MR) is 76.3 cm³/mol. The molecule has 0 saturated carbocycles. The topological polar surface area (TPSA) is 95.4 Å². The van der Waals surface area contributed by atoms with E-state index in [4.69, 9.17) is 16.2 Å². The summed E-state index contributed by atoms with van der Waals surface area (Å²) >= 11 is 0. The standard InChI is InChI=1S/C15H14N2O3/c16-11-7-5-10(6-8-11)14(18)9-20-15(19)12-3-1-2-4-13(12)17/h1-8H,9,16-17H2. The number of nitrogen functional groups attached to an aromatic ring is 2. The average Bonchev–Trinajstić information content (AvgIpc) is 2.45. The number of para-hydroxylation sites is 1. The van der Waals surface area contributed by atoms with Gasteiger partial charge in [0, 0.05) is 16.9 Å². The Kier molecular flexibility index (Phi) is 4.00. The zero-order valence-electron chi connectivity index (χ0n) is 10.7. The Morgan fingerprint density at radius 2 is 1.60 bits per heavy atom. The number of Topliss-reactive ketones (excluding diaryl/α,β-unsaturated/α-hetero) is 1. The van der Waals surface area contributed by atoms with Crippen molar-refractivity contribution in [2.75, 3.05) is 18.1 Å². The van der Waals surface area contributed by atoms with E-state index in [1.807, 2.05) is 0 Å². The molecule has 0 unspecified atom stereocenters. The molecule has 0 spiro atoms. The third-order valence-electron chi connectivity index (χ3n) is 2.75. The van der Waals surface area contributed by atoms with Crippen LogP contribution in [0.5, 0.6) is 0 Å². The van der Waals surface area contributed by atoms with Crippen molar-refractivity contribution >= 4 is 23.1 Å². The summed E-state index contributed by atoms with van der Waals surface area (Å²) in [5.41, 5.74) is 12.8. The normalized spacial score (nSPS) is 10.0. The monoisotopic (exact) mass is 270 g/mol. The zero-order chi connectivity index (χ0) is 14.5. The van der Waals surface area contributed by atoms with Crippen LogP contribution in [0.15, 0.2) is 48.5 Å². The van der Waals surface area contributed by atoms with Crippen LogP contribution in [0.2, 0.25) is 0 Å². The molecule has 0 aliphatic heterocycles. The summed E-state index contributed by atoms with van der Waals surface area (Å²) in [6.45, 7) is -0.336. The summed E-state index contributed by atoms with van der Waals surface area (Å²) < 4.78 is 4.96. The van der Waals surface area contributed by atoms with Gasteiger partial charge in [-0.05, 0) is 36.4 Å². The number of hydrogen-bond donors (Lipinski definition) is 2. The lowest BCUT2D eigenvalue weighted by atomic mass is 10.1. The Labute approximate surface area is 116 Å². The molecule has 4 N–H and O–H groups in total. The maximum Gasteiger partial charge on any atom is 0.340 e. The van der Waals surface area contributed by atoms with Gasteiger partial charge in [0.25, 0.3) is 0 Å². The Morgan fingerprint density at radius 3 is 2.25 bits per heavy atom. The highest BCUT2D eigenvalue weighted by atomic mass is 16.5. The van der Waals surface area contributed by atoms with Crippen LogP contribution in [0.4, 0.5) is 11.4 Å². The fourth-order valence-electron chi connectivity index (χ4n) is 1.64. The van der Waals surface area contributed by atoms with Crippen molar-refractivity contribution in [1.29, 1.82) is 0 Å². The molecule has 0 saturated heterocycles. The predicted octanol–water partition coefficient (Wildman–Crippen LogP) is 1.89. The largest absolute Gasteiger partial charge is 0.454 e. The summed E-state index contributed by atoms with van der Waals surface area (Å²) in [6.07, 6.45) is 0. The molecule has 0 bridgehead atoms. The summed E-state index contributed by atoms with van der Waals surface area (Å²) in [7, 11) is 0. The van der Waals surface area contributed by atoms with Gasteiger partial charge in [-0.1, -0.05) is 12.1 Å². The number of nitrogens with two attached hydrogens (primary N) is 2. The van der Waals surface area contributed by atoms with Gasteiger partial charge in [0.2, 0.25) is 0 Å². The molecule has 5 heteroatoms. The van der Waals surface area contributed by atoms with E-state index < -0.39 is 5.97 Å². The minimum absolute atomic E-state index is 0.248. The first-order valence-electron chi connectivity index (χ1n) is 5.98. The lowest BCUT2D eigenvalue weighted by molar-refractivity contribution is 0.0476. The molecule has 2 aromatic carbocycles. The van der Waals surface area contributed by atoms with Crippen molar-refractivity contribution in [3.8, 4) is 0 Å². The third kappa shape index (κ3) is 3.14. The van der Waals surface area contributed by atoms with Gasteiger partial charge < -0.3 is 16.2 Å². The van der Waals surface area contributed by atoms with E-state index in [0.717, 1.165) is 0 Å². The molecule has 0 aliphatic rings. The number of ether oxygens (including phenoxy) is 1. The van der Waals surface area contributed by atoms with Gasteiger partial charge >= 0.3 is 5.97 Å². The molecular formula is C15H14N2O3. The Hall–Kier alpha value is -2.82. The molecule has 0 atom stereocenters. The summed E-state index contributed by atoms with van der Waals surface area (Å²) in [6, 6.07) is 12.9. The van der Waals surface area contributed by atoms with Gasteiger partial charge in [-0.2, -0.15) is 0 Å². The van der Waals surface area contributed by atoms with Crippen molar-refractivity contribution in [3.05, 3.63) is 59.7 Å². The van der Waals surface area contributed by atoms with E-state index in [0.29, 0.717) is 16.9 Å². The Bertz CT molecular complexity index is 636. The first-order valence-corrected chi connectivity index (χ1v) is 5.98. The van der Waals surface area contributed by atoms with Crippen molar-refractivity contribution in [3.63, 3.8) is 0 Å². The van der Waals surface area contributed by atoms with Crippen LogP contribution < -0.4 is 11.5 Å². The number of rotatable bonds is 4. The lowest BCUT2D eigenvalue weighted by Gasteiger charge is -2.06. The number of esters is 1. The number of carbonyl (C=O) groups is 2. The second-order valence-corrected chi connectivity index (χ2v) is 4.21. The number of carbonyl (C=O) groups excluding carboxylic acids is 2. The van der Waals surface area contributed by atoms with Crippen molar-refractivity contribution in [2.24, 2.45) is 0 Å². The number of benzene rings is 2. The van der Waals surface area contributed by atoms with E-state index in [-0.39, 0.29) is 18.0 Å². The highest BCUT2D eigenvalue weighted by Gasteiger charge is 2.13. The highest BCUT2D eigenvalue weighted by molar-refractivity contribution is 6.00. The van der Waals surface area contributed by atoms with Crippen molar-refractivity contribution < 1.29 is 14.3 Å². The minimum Gasteiger partial charge on any atom is -0.454 e. The SMILES string of the molecule is Nc1ccc(C(=O)COC(=O)c2ccccc2N)cc1. The molecule has 0 heterocycles. The molecule has 0 aliphatic carbocycles. The van der Waals surface area contributed by atoms with Crippen molar-refractivity contribution in [2.45, 2.75) is 0 Å². The first kappa shape index (κ1) is 13.6. The molecule has 2 rings (SSSR count). The maximum atomic E-state index is 11.8. The third-order valence-corrected chi connectivity index (χ3v) is 2.75. The minimum atomic E-state index is -0.619. The van der Waals surface area contributed by atoms with Crippen LogP contribution in [0.25, 0.3) is 0 Å². The maximum absolute atomic E-state index is 11.8. The van der Waals surface area contributed by atoms with E-state index in [2.05, 4.69) is 0 Å². The second-order valence-electron chi connectivity index (χ2n) is 4.21. The summed E-state index contributed by atoms with van der Waals surface area (Å²) in [5.74, 6) is -0.917. The van der Waals surface area contributed by atoms with Crippen LogP contribution in [0.3, 0.4) is 0 Å². The molecule has 2 aromatic rings. The Balaban J connectivity index is 1.99. The Morgan fingerprint density at radius 1 is 0.950 bits per heavy atom. The van der Waals surface area contributed by atoms with Crippen LogP contribution >= 0.6 is 0 Å². The van der Waals surface area contributed by atoms with E-state index in [9.17, 15) is 9.59 Å². The molecule has 5 nitrogen and oxygen atoms in total. The molecule has 0 aromatic heterocycles.